The highest BCUT2D eigenvalue weighted by molar-refractivity contribution is 6.30. The molecule has 1 saturated heterocycles. The zero-order valence-electron chi connectivity index (χ0n) is 10.4. The van der Waals surface area contributed by atoms with Gasteiger partial charge in [-0.15, -0.1) is 0 Å². The van der Waals surface area contributed by atoms with Crippen LogP contribution in [0.5, 0.6) is 0 Å². The number of cyclic esters (lactones) is 2. The molecule has 1 atom stereocenters. The van der Waals surface area contributed by atoms with Crippen LogP contribution in [0.1, 0.15) is 24.8 Å². The van der Waals surface area contributed by atoms with Crippen LogP contribution in [-0.4, -0.2) is 24.6 Å². The van der Waals surface area contributed by atoms with Crippen LogP contribution >= 0.6 is 11.6 Å². The standard InChI is InChI=1S/C14H15ClO4/c15-11-3-1-2-10(8-11)4-5-12-6-7-13(16)18-9-14(17)19-12/h1-3,8,12H,4-7,9H2/t12-/m0/s1. The second-order valence-electron chi connectivity index (χ2n) is 4.48. The number of ether oxygens (including phenoxy) is 2. The highest BCUT2D eigenvalue weighted by Crippen LogP contribution is 2.17. The fourth-order valence-corrected chi connectivity index (χ4v) is 2.21. The number of benzene rings is 1. The Morgan fingerprint density at radius 3 is 2.89 bits per heavy atom. The predicted octanol–water partition coefficient (Wildman–Crippen LogP) is 2.52. The smallest absolute Gasteiger partial charge is 0.344 e. The minimum Gasteiger partial charge on any atom is -0.460 e. The number of hydrogen-bond donors (Lipinski definition) is 0. The van der Waals surface area contributed by atoms with Crippen LogP contribution in [-0.2, 0) is 25.5 Å². The summed E-state index contributed by atoms with van der Waals surface area (Å²) < 4.78 is 9.93. The second kappa shape index (κ2) is 6.57. The van der Waals surface area contributed by atoms with Gasteiger partial charge in [0, 0.05) is 11.4 Å². The summed E-state index contributed by atoms with van der Waals surface area (Å²) in [5.41, 5.74) is 1.09. The lowest BCUT2D eigenvalue weighted by molar-refractivity contribution is -0.167. The zero-order chi connectivity index (χ0) is 13.7. The van der Waals surface area contributed by atoms with Crippen molar-refractivity contribution >= 4 is 23.5 Å². The average molecular weight is 283 g/mol. The van der Waals surface area contributed by atoms with Crippen molar-refractivity contribution in [3.05, 3.63) is 34.9 Å². The monoisotopic (exact) mass is 282 g/mol. The molecule has 0 aromatic heterocycles. The van der Waals surface area contributed by atoms with Gasteiger partial charge in [0.25, 0.3) is 0 Å². The molecular formula is C14H15ClO4. The Morgan fingerprint density at radius 1 is 1.26 bits per heavy atom. The van der Waals surface area contributed by atoms with E-state index >= 15 is 0 Å². The van der Waals surface area contributed by atoms with E-state index in [1.165, 1.54) is 0 Å². The van der Waals surface area contributed by atoms with E-state index in [1.54, 1.807) is 0 Å². The molecule has 4 nitrogen and oxygen atoms in total. The molecule has 0 unspecified atom stereocenters. The maximum atomic E-state index is 11.3. The van der Waals surface area contributed by atoms with Gasteiger partial charge in [-0.25, -0.2) is 4.79 Å². The lowest BCUT2D eigenvalue weighted by atomic mass is 10.0. The first kappa shape index (κ1) is 13.9. The largest absolute Gasteiger partial charge is 0.460 e. The fraction of sp³-hybridized carbons (Fsp3) is 0.429. The Labute approximate surface area is 116 Å². The van der Waals surface area contributed by atoms with Crippen LogP contribution in [0.2, 0.25) is 5.02 Å². The molecule has 102 valence electrons. The molecule has 0 aliphatic carbocycles. The normalized spacial score (nSPS) is 20.2. The molecule has 1 aromatic carbocycles. The Bertz CT molecular complexity index is 472. The van der Waals surface area contributed by atoms with Crippen LogP contribution in [0.15, 0.2) is 24.3 Å². The highest BCUT2D eigenvalue weighted by atomic mass is 35.5. The van der Waals surface area contributed by atoms with Gasteiger partial charge in [-0.05, 0) is 37.0 Å². The minimum atomic E-state index is -0.482. The minimum absolute atomic E-state index is 0.237. The van der Waals surface area contributed by atoms with Crippen LogP contribution in [0.4, 0.5) is 0 Å². The van der Waals surface area contributed by atoms with Crippen molar-refractivity contribution in [2.24, 2.45) is 0 Å². The van der Waals surface area contributed by atoms with Gasteiger partial charge in [0.15, 0.2) is 6.61 Å². The number of aryl methyl sites for hydroxylation is 1. The summed E-state index contributed by atoms with van der Waals surface area (Å²) in [6, 6.07) is 7.57. The average Bonchev–Trinajstić information content (AvgIpc) is 2.38. The van der Waals surface area contributed by atoms with Crippen molar-refractivity contribution in [1.29, 1.82) is 0 Å². The molecule has 0 spiro atoms. The van der Waals surface area contributed by atoms with Crippen molar-refractivity contribution < 1.29 is 19.1 Å². The Hall–Kier alpha value is -1.55. The van der Waals surface area contributed by atoms with Crippen molar-refractivity contribution in [1.82, 2.24) is 0 Å². The first-order chi connectivity index (χ1) is 9.13. The number of halogens is 1. The van der Waals surface area contributed by atoms with Crippen LogP contribution < -0.4 is 0 Å². The number of carbonyl (C=O) groups is 2. The summed E-state index contributed by atoms with van der Waals surface area (Å²) in [5, 5.41) is 0.690. The van der Waals surface area contributed by atoms with Crippen molar-refractivity contribution in [2.45, 2.75) is 31.8 Å². The SMILES string of the molecule is O=C1CC[C@H](CCc2cccc(Cl)c2)OC(=O)CO1. The first-order valence-electron chi connectivity index (χ1n) is 6.23. The molecule has 1 aromatic rings. The van der Waals surface area contributed by atoms with E-state index < -0.39 is 5.97 Å². The Morgan fingerprint density at radius 2 is 2.11 bits per heavy atom. The molecular weight excluding hydrogens is 268 g/mol. The van der Waals surface area contributed by atoms with E-state index in [4.69, 9.17) is 21.1 Å². The third-order valence-corrected chi connectivity index (χ3v) is 3.20. The van der Waals surface area contributed by atoms with E-state index in [1.807, 2.05) is 24.3 Å². The summed E-state index contributed by atoms with van der Waals surface area (Å²) in [5.74, 6) is -0.825. The van der Waals surface area contributed by atoms with Gasteiger partial charge in [0.05, 0.1) is 0 Å². The molecule has 0 N–H and O–H groups in total. The molecule has 1 aliphatic heterocycles. The molecule has 1 aliphatic rings. The molecule has 19 heavy (non-hydrogen) atoms. The van der Waals surface area contributed by atoms with E-state index in [9.17, 15) is 9.59 Å². The van der Waals surface area contributed by atoms with E-state index in [0.29, 0.717) is 17.9 Å². The lowest BCUT2D eigenvalue weighted by Crippen LogP contribution is -2.27. The molecule has 5 heteroatoms. The molecule has 0 bridgehead atoms. The molecule has 2 rings (SSSR count). The Balaban J connectivity index is 1.90. The first-order valence-corrected chi connectivity index (χ1v) is 6.61. The molecule has 1 heterocycles. The van der Waals surface area contributed by atoms with Crippen molar-refractivity contribution in [3.63, 3.8) is 0 Å². The molecule has 0 radical (unpaired) electrons. The van der Waals surface area contributed by atoms with E-state index in [0.717, 1.165) is 12.0 Å². The molecule has 1 fully saturated rings. The molecule has 0 amide bonds. The van der Waals surface area contributed by atoms with Crippen molar-refractivity contribution in [2.75, 3.05) is 6.61 Å². The quantitative estimate of drug-likeness (QED) is 0.800. The highest BCUT2D eigenvalue weighted by Gasteiger charge is 2.21. The van der Waals surface area contributed by atoms with Gasteiger partial charge in [-0.3, -0.25) is 4.79 Å². The maximum absolute atomic E-state index is 11.3. The van der Waals surface area contributed by atoms with Gasteiger partial charge in [-0.1, -0.05) is 23.7 Å². The number of hydrogen-bond acceptors (Lipinski definition) is 4. The number of rotatable bonds is 3. The summed E-state index contributed by atoms with van der Waals surface area (Å²) in [6.45, 7) is -0.285. The topological polar surface area (TPSA) is 52.6 Å². The van der Waals surface area contributed by atoms with E-state index in [2.05, 4.69) is 0 Å². The number of esters is 2. The van der Waals surface area contributed by atoms with Gasteiger partial charge in [0.1, 0.15) is 6.10 Å². The summed E-state index contributed by atoms with van der Waals surface area (Å²) in [4.78, 5) is 22.5. The van der Waals surface area contributed by atoms with Gasteiger partial charge >= 0.3 is 11.9 Å². The van der Waals surface area contributed by atoms with Gasteiger partial charge in [-0.2, -0.15) is 0 Å². The van der Waals surface area contributed by atoms with Crippen LogP contribution in [0, 0.1) is 0 Å². The fourth-order valence-electron chi connectivity index (χ4n) is 1.99. The van der Waals surface area contributed by atoms with Crippen molar-refractivity contribution in [3.8, 4) is 0 Å². The van der Waals surface area contributed by atoms with E-state index in [-0.39, 0.29) is 25.1 Å². The lowest BCUT2D eigenvalue weighted by Gasteiger charge is -2.20. The van der Waals surface area contributed by atoms with Crippen LogP contribution in [0.3, 0.4) is 0 Å². The third-order valence-electron chi connectivity index (χ3n) is 2.96. The zero-order valence-corrected chi connectivity index (χ0v) is 11.2. The second-order valence-corrected chi connectivity index (χ2v) is 4.92. The predicted molar refractivity (Wildman–Crippen MR) is 69.8 cm³/mol. The maximum Gasteiger partial charge on any atom is 0.344 e. The van der Waals surface area contributed by atoms with Gasteiger partial charge in [0.2, 0.25) is 0 Å². The summed E-state index contributed by atoms with van der Waals surface area (Å²) in [6.07, 6.45) is 1.99. The third kappa shape index (κ3) is 4.56. The summed E-state index contributed by atoms with van der Waals surface area (Å²) >= 11 is 5.91. The molecule has 0 saturated carbocycles. The van der Waals surface area contributed by atoms with Gasteiger partial charge < -0.3 is 9.47 Å². The number of carbonyl (C=O) groups excluding carboxylic acids is 2. The van der Waals surface area contributed by atoms with Crippen LogP contribution in [0.25, 0.3) is 0 Å². The Kier molecular flexibility index (Phi) is 4.80. The summed E-state index contributed by atoms with van der Waals surface area (Å²) in [7, 11) is 0.